The number of carbonyl (C=O) groups excluding carboxylic acids is 1. The molecule has 0 N–H and O–H groups in total. The van der Waals surface area contributed by atoms with E-state index in [-0.39, 0.29) is 11.1 Å². The van der Waals surface area contributed by atoms with Gasteiger partial charge in [-0.15, -0.1) is 0 Å². The van der Waals surface area contributed by atoms with E-state index in [1.807, 2.05) is 231 Å². The summed E-state index contributed by atoms with van der Waals surface area (Å²) in [5.74, 6) is -0.427. The molecule has 0 amide bonds. The topological polar surface area (TPSA) is 77.5 Å². The van der Waals surface area contributed by atoms with Gasteiger partial charge in [-0.25, -0.2) is 0 Å². The second-order valence-corrected chi connectivity index (χ2v) is 29.1. The van der Waals surface area contributed by atoms with Crippen LogP contribution in [-0.2, 0) is 18.2 Å². The molecule has 0 bridgehead atoms. The first-order valence-electron chi connectivity index (χ1n) is 23.4. The monoisotopic (exact) mass is 998 g/mol. The molecule has 0 spiro atoms. The van der Waals surface area contributed by atoms with Crippen LogP contribution in [0.5, 0.6) is 0 Å². The van der Waals surface area contributed by atoms with Crippen LogP contribution in [0, 0.1) is 0 Å². The van der Waals surface area contributed by atoms with E-state index >= 15 is 18.5 Å². The summed E-state index contributed by atoms with van der Waals surface area (Å²) >= 11 is 0. The third-order valence-electron chi connectivity index (χ3n) is 13.2. The van der Waals surface area contributed by atoms with Crippen molar-refractivity contribution in [1.82, 2.24) is 0 Å². The number of ketones is 1. The average Bonchev–Trinajstić information content (AvgIpc) is 3.46. The van der Waals surface area contributed by atoms with Crippen molar-refractivity contribution in [2.45, 2.75) is 0 Å². The number of hydrogen-bond donors (Lipinski definition) is 0. The molecule has 0 radical (unpaired) electrons. The Morgan fingerprint density at radius 3 is 0.803 bits per heavy atom. The van der Waals surface area contributed by atoms with E-state index in [4.69, 9.17) is 4.52 Å². The zero-order valence-corrected chi connectivity index (χ0v) is 42.6. The molecule has 0 unspecified atom stereocenters. The number of rotatable bonds is 15. The Morgan fingerprint density at radius 1 is 0.296 bits per heavy atom. The second-order valence-electron chi connectivity index (χ2n) is 17.3. The maximum absolute atomic E-state index is 16.6. The molecular weight excluding hydrogens is 949 g/mol. The summed E-state index contributed by atoms with van der Waals surface area (Å²) in [7, 11) is -13.1. The Balaban J connectivity index is 1.31. The van der Waals surface area contributed by atoms with Crippen LogP contribution in [-0.4, -0.2) is 12.9 Å². The van der Waals surface area contributed by atoms with E-state index in [2.05, 4.69) is 24.3 Å². The fourth-order valence-corrected chi connectivity index (χ4v) is 21.9. The Kier molecular flexibility index (Phi) is 13.7. The molecule has 71 heavy (non-hydrogen) atoms. The maximum atomic E-state index is 16.6. The van der Waals surface area contributed by atoms with Gasteiger partial charge in [0.15, 0.2) is 0 Å². The van der Waals surface area contributed by atoms with Crippen molar-refractivity contribution >= 4 is 98.4 Å². The van der Waals surface area contributed by atoms with Crippen LogP contribution >= 0.6 is 28.9 Å². The van der Waals surface area contributed by atoms with Gasteiger partial charge >= 0.3 is 419 Å². The van der Waals surface area contributed by atoms with Gasteiger partial charge in [0, 0.05) is 0 Å². The summed E-state index contributed by atoms with van der Waals surface area (Å²) in [4.78, 5) is 16.2. The summed E-state index contributed by atoms with van der Waals surface area (Å²) in [6.45, 7) is 0. The van der Waals surface area contributed by atoms with E-state index in [1.165, 1.54) is 0 Å². The fourth-order valence-electron chi connectivity index (χ4n) is 9.75. The molecule has 0 aliphatic carbocycles. The van der Waals surface area contributed by atoms with E-state index in [1.54, 1.807) is 31.4 Å². The molecule has 0 saturated carbocycles. The van der Waals surface area contributed by atoms with Crippen molar-refractivity contribution < 1.29 is 23.0 Å². The molecule has 0 fully saturated rings. The van der Waals surface area contributed by atoms with E-state index < -0.39 is 34.7 Å². The predicted molar refractivity (Wildman–Crippen MR) is 302 cm³/mol. The third kappa shape index (κ3) is 8.70. The van der Waals surface area contributed by atoms with Crippen molar-refractivity contribution in [3.63, 3.8) is 0 Å². The van der Waals surface area contributed by atoms with Crippen LogP contribution in [0.3, 0.4) is 0 Å². The first-order valence-corrected chi connectivity index (χ1v) is 30.4. The SMILES string of the molecule is CO[PH](c1ccccc1)(c1ccccc1)c1cc(C(=O)c2cc(P(=O)(c3ccccc3)c3ccccc3)cc(P(=O)(c3ccccc3)c3ccccc3)c2)cc(P(=O)(c2ccccc2)c2ccccc2)c1. The molecule has 10 rings (SSSR count). The zero-order chi connectivity index (χ0) is 48.9. The molecule has 5 nitrogen and oxygen atoms in total. The van der Waals surface area contributed by atoms with Gasteiger partial charge in [0.1, 0.15) is 0 Å². The molecule has 0 aliphatic heterocycles. The van der Waals surface area contributed by atoms with Gasteiger partial charge in [0.25, 0.3) is 0 Å². The van der Waals surface area contributed by atoms with Crippen LogP contribution in [0.4, 0.5) is 0 Å². The predicted octanol–water partition coefficient (Wildman–Crippen LogP) is 9.42. The standard InChI is InChI=1S/C62H50O5P4/c1-67-71(56-38-22-8-23-39-56,57-40-24-9-25-41-57)61-45-49(44-60(47-61)70(66,54-34-18-6-19-35-54)55-36-20-7-21-37-55)62(63)48-42-58(68(64,50-26-10-2-11-27-50)51-28-12-3-13-29-51)46-59(43-48)69(65,52-30-14-4-15-31-52)53-32-16-5-17-33-53/h2-47,71H,1H3. The molecule has 0 heterocycles. The van der Waals surface area contributed by atoms with Crippen LogP contribution < -0.4 is 63.7 Å². The fraction of sp³-hybridized carbons (Fsp3) is 0.0161. The first kappa shape index (κ1) is 47.6. The van der Waals surface area contributed by atoms with Crippen molar-refractivity contribution in [3.05, 3.63) is 290 Å². The van der Waals surface area contributed by atoms with E-state index in [0.717, 1.165) is 10.6 Å². The normalized spacial score (nSPS) is 12.2. The third-order valence-corrected chi connectivity index (χ3v) is 26.3. The minimum atomic E-state index is -3.78. The number of carbonyl (C=O) groups is 1. The van der Waals surface area contributed by atoms with Gasteiger partial charge in [0.05, 0.1) is 0 Å². The van der Waals surface area contributed by atoms with Crippen molar-refractivity contribution in [3.8, 4) is 0 Å². The molecule has 0 saturated heterocycles. The van der Waals surface area contributed by atoms with Gasteiger partial charge < -0.3 is 0 Å². The summed E-state index contributed by atoms with van der Waals surface area (Å²) in [6.07, 6.45) is 0. The van der Waals surface area contributed by atoms with Gasteiger partial charge in [-0.1, -0.05) is 0 Å². The first-order chi connectivity index (χ1) is 34.7. The van der Waals surface area contributed by atoms with Gasteiger partial charge in [-0.2, -0.15) is 0 Å². The number of hydrogen-bond acceptors (Lipinski definition) is 5. The molecule has 9 heteroatoms. The molecule has 348 valence electrons. The molecule has 0 aliphatic rings. The van der Waals surface area contributed by atoms with Gasteiger partial charge in [-0.05, 0) is 0 Å². The summed E-state index contributed by atoms with van der Waals surface area (Å²) in [5, 5.41) is 7.19. The number of benzene rings is 10. The Bertz CT molecular complexity index is 3320. The average molecular weight is 999 g/mol. The van der Waals surface area contributed by atoms with Gasteiger partial charge in [0.2, 0.25) is 0 Å². The molecule has 10 aromatic carbocycles. The van der Waals surface area contributed by atoms with Crippen LogP contribution in [0.2, 0.25) is 0 Å². The Morgan fingerprint density at radius 2 is 0.535 bits per heavy atom. The van der Waals surface area contributed by atoms with E-state index in [0.29, 0.717) is 53.0 Å². The van der Waals surface area contributed by atoms with Crippen molar-refractivity contribution in [2.75, 3.05) is 7.11 Å². The van der Waals surface area contributed by atoms with E-state index in [9.17, 15) is 0 Å². The van der Waals surface area contributed by atoms with Crippen LogP contribution in [0.25, 0.3) is 0 Å². The summed E-state index contributed by atoms with van der Waals surface area (Å²) in [6, 6.07) is 86.9. The molecular formula is C62H50O5P4. The molecule has 0 aromatic heterocycles. The second kappa shape index (κ2) is 20.4. The summed E-state index contributed by atoms with van der Waals surface area (Å²) in [5.41, 5.74) is 0.426. The zero-order valence-electron chi connectivity index (χ0n) is 38.9. The molecule has 0 atom stereocenters. The quantitative estimate of drug-likeness (QED) is 0.0757. The van der Waals surface area contributed by atoms with Crippen LogP contribution in [0.15, 0.2) is 279 Å². The van der Waals surface area contributed by atoms with Gasteiger partial charge in [-0.3, -0.25) is 0 Å². The minimum absolute atomic E-state index is 0.179. The molecule has 10 aromatic rings. The Hall–Kier alpha value is -7.05. The van der Waals surface area contributed by atoms with Crippen molar-refractivity contribution in [2.24, 2.45) is 0 Å². The van der Waals surface area contributed by atoms with Crippen molar-refractivity contribution in [1.29, 1.82) is 0 Å². The Labute approximate surface area is 416 Å². The van der Waals surface area contributed by atoms with Crippen LogP contribution in [0.1, 0.15) is 15.9 Å². The summed E-state index contributed by atoms with van der Waals surface area (Å²) < 4.78 is 56.4.